The number of nitrogens with one attached hydrogen (secondary N) is 2. The molecule has 0 radical (unpaired) electrons. The van der Waals surface area contributed by atoms with E-state index >= 15 is 0 Å². The Labute approximate surface area is 104 Å². The lowest BCUT2D eigenvalue weighted by Gasteiger charge is -2.12. The fourth-order valence-electron chi connectivity index (χ4n) is 1.11. The molecule has 0 aliphatic rings. The summed E-state index contributed by atoms with van der Waals surface area (Å²) in [5.74, 6) is 5.09. The number of nitrogen functional groups attached to an aromatic ring is 1. The highest BCUT2D eigenvalue weighted by Gasteiger charge is 2.15. The molecule has 1 rings (SSSR count). The Bertz CT molecular complexity index is 413. The van der Waals surface area contributed by atoms with Gasteiger partial charge in [0.25, 0.3) is 0 Å². The molecule has 100 valence electrons. The lowest BCUT2D eigenvalue weighted by Crippen LogP contribution is -2.28. The highest BCUT2D eigenvalue weighted by atomic mass is 16.5. The molecule has 1 atom stereocenters. The van der Waals surface area contributed by atoms with Crippen LogP contribution >= 0.6 is 0 Å². The van der Waals surface area contributed by atoms with E-state index in [9.17, 15) is 4.79 Å². The minimum atomic E-state index is -0.600. The molecule has 9 heteroatoms. The number of nitrogens with two attached hydrogens (primary N) is 1. The van der Waals surface area contributed by atoms with E-state index in [2.05, 4.69) is 30.4 Å². The van der Waals surface area contributed by atoms with Gasteiger partial charge in [0.1, 0.15) is 6.04 Å². The van der Waals surface area contributed by atoms with Crippen LogP contribution in [0.4, 0.5) is 11.9 Å². The first-order valence-corrected chi connectivity index (χ1v) is 5.30. The van der Waals surface area contributed by atoms with Crippen LogP contribution < -0.4 is 21.3 Å². The SMILES string of the molecule is CCOc1nc(NN)nc(NC(C)C(=O)OC)n1. The average molecular weight is 256 g/mol. The van der Waals surface area contributed by atoms with Crippen molar-refractivity contribution in [3.05, 3.63) is 0 Å². The van der Waals surface area contributed by atoms with Crippen molar-refractivity contribution in [2.75, 3.05) is 24.5 Å². The van der Waals surface area contributed by atoms with Crippen LogP contribution in [0.15, 0.2) is 0 Å². The second-order valence-corrected chi connectivity index (χ2v) is 3.23. The van der Waals surface area contributed by atoms with Gasteiger partial charge in [-0.25, -0.2) is 10.6 Å². The van der Waals surface area contributed by atoms with Crippen molar-refractivity contribution in [3.8, 4) is 6.01 Å². The summed E-state index contributed by atoms with van der Waals surface area (Å²) in [4.78, 5) is 23.0. The van der Waals surface area contributed by atoms with Crippen molar-refractivity contribution in [1.29, 1.82) is 0 Å². The maximum Gasteiger partial charge on any atom is 0.328 e. The molecule has 4 N–H and O–H groups in total. The summed E-state index contributed by atoms with van der Waals surface area (Å²) < 4.78 is 9.72. The van der Waals surface area contributed by atoms with Crippen LogP contribution in [0.25, 0.3) is 0 Å². The first-order valence-electron chi connectivity index (χ1n) is 5.30. The summed E-state index contributed by atoms with van der Waals surface area (Å²) in [6, 6.07) is -0.488. The summed E-state index contributed by atoms with van der Waals surface area (Å²) in [7, 11) is 1.30. The van der Waals surface area contributed by atoms with Crippen molar-refractivity contribution in [1.82, 2.24) is 15.0 Å². The van der Waals surface area contributed by atoms with Gasteiger partial charge in [-0.05, 0) is 13.8 Å². The van der Waals surface area contributed by atoms with Gasteiger partial charge >= 0.3 is 12.0 Å². The van der Waals surface area contributed by atoms with E-state index in [1.807, 2.05) is 0 Å². The summed E-state index contributed by atoms with van der Waals surface area (Å²) >= 11 is 0. The van der Waals surface area contributed by atoms with Gasteiger partial charge in [0.2, 0.25) is 11.9 Å². The Morgan fingerprint density at radius 2 is 2.06 bits per heavy atom. The number of esters is 1. The first kappa shape index (κ1) is 13.9. The maximum atomic E-state index is 11.3. The predicted molar refractivity (Wildman–Crippen MR) is 63.9 cm³/mol. The molecule has 0 bridgehead atoms. The van der Waals surface area contributed by atoms with Gasteiger partial charge < -0.3 is 14.8 Å². The molecular weight excluding hydrogens is 240 g/mol. The average Bonchev–Trinajstić information content (AvgIpc) is 2.37. The number of hydrogen-bond acceptors (Lipinski definition) is 9. The zero-order valence-electron chi connectivity index (χ0n) is 10.4. The van der Waals surface area contributed by atoms with Crippen LogP contribution in [0.5, 0.6) is 6.01 Å². The van der Waals surface area contributed by atoms with E-state index in [-0.39, 0.29) is 17.9 Å². The molecule has 1 aromatic rings. The number of ether oxygens (including phenoxy) is 2. The Morgan fingerprint density at radius 1 is 1.39 bits per heavy atom. The number of carbonyl (C=O) groups excluding carboxylic acids is 1. The van der Waals surface area contributed by atoms with Gasteiger partial charge in [0.15, 0.2) is 0 Å². The number of rotatable bonds is 6. The lowest BCUT2D eigenvalue weighted by atomic mass is 10.3. The second-order valence-electron chi connectivity index (χ2n) is 3.23. The number of nitrogens with zero attached hydrogens (tertiary/aromatic N) is 3. The van der Waals surface area contributed by atoms with Crippen molar-refractivity contribution < 1.29 is 14.3 Å². The van der Waals surface area contributed by atoms with Gasteiger partial charge in [0, 0.05) is 0 Å². The number of carbonyl (C=O) groups is 1. The molecule has 0 saturated carbocycles. The molecule has 0 aromatic carbocycles. The summed E-state index contributed by atoms with van der Waals surface area (Å²) in [5, 5.41) is 2.75. The summed E-state index contributed by atoms with van der Waals surface area (Å²) in [6.45, 7) is 3.81. The van der Waals surface area contributed by atoms with E-state index in [1.165, 1.54) is 7.11 Å². The predicted octanol–water partition coefficient (Wildman–Crippen LogP) is -0.471. The zero-order valence-corrected chi connectivity index (χ0v) is 10.4. The molecule has 0 aliphatic carbocycles. The van der Waals surface area contributed by atoms with Crippen LogP contribution in [-0.2, 0) is 9.53 Å². The molecule has 0 saturated heterocycles. The maximum absolute atomic E-state index is 11.3. The Morgan fingerprint density at radius 3 is 2.61 bits per heavy atom. The van der Waals surface area contributed by atoms with Gasteiger partial charge in [-0.1, -0.05) is 0 Å². The third-order valence-electron chi connectivity index (χ3n) is 1.92. The molecule has 9 nitrogen and oxygen atoms in total. The monoisotopic (exact) mass is 256 g/mol. The molecule has 0 aliphatic heterocycles. The fraction of sp³-hybridized carbons (Fsp3) is 0.556. The van der Waals surface area contributed by atoms with E-state index in [0.717, 1.165) is 0 Å². The molecule has 0 spiro atoms. The Hall–Kier alpha value is -2.16. The molecule has 1 aromatic heterocycles. The second kappa shape index (κ2) is 6.55. The smallest absolute Gasteiger partial charge is 0.328 e. The minimum Gasteiger partial charge on any atom is -0.467 e. The lowest BCUT2D eigenvalue weighted by molar-refractivity contribution is -0.141. The highest BCUT2D eigenvalue weighted by Crippen LogP contribution is 2.11. The number of methoxy groups -OCH3 is 1. The quantitative estimate of drug-likeness (QED) is 0.352. The summed E-state index contributed by atoms with van der Waals surface area (Å²) in [6.07, 6.45) is 0. The van der Waals surface area contributed by atoms with E-state index in [4.69, 9.17) is 10.6 Å². The van der Waals surface area contributed by atoms with Crippen LogP contribution in [-0.4, -0.2) is 40.7 Å². The van der Waals surface area contributed by atoms with Crippen LogP contribution in [0.1, 0.15) is 13.8 Å². The molecule has 0 amide bonds. The van der Waals surface area contributed by atoms with E-state index in [0.29, 0.717) is 6.61 Å². The number of hydrazine groups is 1. The first-order chi connectivity index (χ1) is 8.60. The normalized spacial score (nSPS) is 11.6. The third-order valence-corrected chi connectivity index (χ3v) is 1.92. The molecule has 1 heterocycles. The number of aromatic nitrogens is 3. The molecule has 1 unspecified atom stereocenters. The van der Waals surface area contributed by atoms with E-state index < -0.39 is 12.0 Å². The van der Waals surface area contributed by atoms with E-state index in [1.54, 1.807) is 13.8 Å². The summed E-state index contributed by atoms with van der Waals surface area (Å²) in [5.41, 5.74) is 2.28. The van der Waals surface area contributed by atoms with Gasteiger partial charge in [0.05, 0.1) is 13.7 Å². The van der Waals surface area contributed by atoms with Crippen molar-refractivity contribution in [2.45, 2.75) is 19.9 Å². The largest absolute Gasteiger partial charge is 0.467 e. The van der Waals surface area contributed by atoms with Crippen molar-refractivity contribution in [2.24, 2.45) is 5.84 Å². The number of anilines is 2. The topological polar surface area (TPSA) is 124 Å². The van der Waals surface area contributed by atoms with Crippen LogP contribution in [0, 0.1) is 0 Å². The molecule has 0 fully saturated rings. The van der Waals surface area contributed by atoms with Crippen LogP contribution in [0.3, 0.4) is 0 Å². The standard InChI is InChI=1S/C9H16N6O3/c1-4-18-9-13-7(12-8(14-9)15-10)11-5(2)6(16)17-3/h5H,4,10H2,1-3H3,(H2,11,12,13,14,15). The molecule has 18 heavy (non-hydrogen) atoms. The number of hydrogen-bond donors (Lipinski definition) is 3. The van der Waals surface area contributed by atoms with Crippen molar-refractivity contribution >= 4 is 17.9 Å². The third kappa shape index (κ3) is 3.70. The molecular formula is C9H16N6O3. The van der Waals surface area contributed by atoms with Crippen LogP contribution in [0.2, 0.25) is 0 Å². The fourth-order valence-corrected chi connectivity index (χ4v) is 1.11. The Kier molecular flexibility index (Phi) is 5.06. The highest BCUT2D eigenvalue weighted by molar-refractivity contribution is 5.77. The van der Waals surface area contributed by atoms with Gasteiger partial charge in [-0.3, -0.25) is 5.43 Å². The Balaban J connectivity index is 2.86. The van der Waals surface area contributed by atoms with Crippen molar-refractivity contribution in [3.63, 3.8) is 0 Å². The minimum absolute atomic E-state index is 0.111. The van der Waals surface area contributed by atoms with Gasteiger partial charge in [-0.2, -0.15) is 15.0 Å². The zero-order chi connectivity index (χ0) is 13.5. The van der Waals surface area contributed by atoms with Gasteiger partial charge in [-0.15, -0.1) is 0 Å².